The van der Waals surface area contributed by atoms with Crippen molar-refractivity contribution in [2.45, 2.75) is 57.8 Å². The molecular weight excluding hydrogens is 444 g/mol. The summed E-state index contributed by atoms with van der Waals surface area (Å²) in [6.45, 7) is 11.2. The Balaban J connectivity index is 1.65. The lowest BCUT2D eigenvalue weighted by atomic mass is 9.93. The van der Waals surface area contributed by atoms with E-state index in [1.165, 1.54) is 10.4 Å². The lowest BCUT2D eigenvalue weighted by molar-refractivity contribution is -0.142. The number of carbonyl (C=O) groups excluding carboxylic acids is 1. The van der Waals surface area contributed by atoms with Gasteiger partial charge < -0.3 is 18.6 Å². The van der Waals surface area contributed by atoms with Crippen LogP contribution in [0, 0.1) is 11.8 Å². The predicted octanol–water partition coefficient (Wildman–Crippen LogP) is 3.94. The monoisotopic (exact) mass is 482 g/mol. The van der Waals surface area contributed by atoms with Gasteiger partial charge in [0.2, 0.25) is 0 Å². The van der Waals surface area contributed by atoms with Gasteiger partial charge in [0.15, 0.2) is 0 Å². The maximum Gasteiger partial charge on any atom is 0.306 e. The van der Waals surface area contributed by atoms with E-state index < -0.39 is 8.32 Å². The molecule has 0 amide bonds. The number of hydrogen-bond acceptors (Lipinski definition) is 5. The van der Waals surface area contributed by atoms with Crippen LogP contribution in [0.5, 0.6) is 0 Å². The van der Waals surface area contributed by atoms with Crippen LogP contribution >= 0.6 is 0 Å². The molecule has 184 valence electrons. The second-order valence-corrected chi connectivity index (χ2v) is 14.7. The summed E-state index contributed by atoms with van der Waals surface area (Å²) in [5.41, 5.74) is 0. The van der Waals surface area contributed by atoms with E-state index in [1.807, 2.05) is 6.92 Å². The fourth-order valence-corrected chi connectivity index (χ4v) is 10.4. The summed E-state index contributed by atoms with van der Waals surface area (Å²) in [6.07, 6.45) is 1.11. The summed E-state index contributed by atoms with van der Waals surface area (Å²) < 4.78 is 24.6. The SMILES string of the molecule is CCOCCO[C@@H]1C[C@@H]2OC(=O)C[C@@H]2[C@H]1CO[Si](c1ccccc1)(c1ccccc1)C(C)(C)C. The Hall–Kier alpha value is -1.99. The van der Waals surface area contributed by atoms with E-state index in [9.17, 15) is 4.79 Å². The van der Waals surface area contributed by atoms with E-state index in [1.54, 1.807) is 0 Å². The standard InChI is InChI=1S/C28H38O5Si/c1-5-30-16-17-31-25-19-26-23(18-27(29)33-26)24(25)20-32-34(28(2,3)4,21-12-8-6-9-13-21)22-14-10-7-11-15-22/h6-15,23-26H,5,16-20H2,1-4H3/t23-,24-,25-,26+/m1/s1. The summed E-state index contributed by atoms with van der Waals surface area (Å²) in [5.74, 6) is 0.153. The van der Waals surface area contributed by atoms with Gasteiger partial charge in [0.05, 0.1) is 25.7 Å². The second-order valence-electron chi connectivity index (χ2n) is 10.4. The molecule has 6 heteroatoms. The van der Waals surface area contributed by atoms with Crippen molar-refractivity contribution in [3.63, 3.8) is 0 Å². The highest BCUT2D eigenvalue weighted by Gasteiger charge is 2.54. The molecule has 0 bridgehead atoms. The van der Waals surface area contributed by atoms with Gasteiger partial charge in [0.25, 0.3) is 8.32 Å². The van der Waals surface area contributed by atoms with Crippen molar-refractivity contribution in [2.75, 3.05) is 26.4 Å². The highest BCUT2D eigenvalue weighted by molar-refractivity contribution is 6.99. The summed E-state index contributed by atoms with van der Waals surface area (Å²) in [6, 6.07) is 21.4. The Kier molecular flexibility index (Phi) is 7.93. The number of ether oxygens (including phenoxy) is 3. The third-order valence-corrected chi connectivity index (χ3v) is 12.3. The number of esters is 1. The fourth-order valence-electron chi connectivity index (χ4n) is 5.77. The van der Waals surface area contributed by atoms with Gasteiger partial charge in [-0.2, -0.15) is 0 Å². The predicted molar refractivity (Wildman–Crippen MR) is 136 cm³/mol. The quantitative estimate of drug-likeness (QED) is 0.292. The van der Waals surface area contributed by atoms with Crippen LogP contribution in [0.3, 0.4) is 0 Å². The first-order chi connectivity index (χ1) is 16.4. The molecule has 0 spiro atoms. The van der Waals surface area contributed by atoms with E-state index >= 15 is 0 Å². The molecule has 0 N–H and O–H groups in total. The summed E-state index contributed by atoms with van der Waals surface area (Å²) in [7, 11) is -2.66. The van der Waals surface area contributed by atoms with E-state index in [0.717, 1.165) is 6.42 Å². The van der Waals surface area contributed by atoms with Crippen LogP contribution in [0.4, 0.5) is 0 Å². The number of rotatable bonds is 10. The van der Waals surface area contributed by atoms with Crippen LogP contribution < -0.4 is 10.4 Å². The van der Waals surface area contributed by atoms with Gasteiger partial charge in [0.1, 0.15) is 6.10 Å². The molecule has 0 unspecified atom stereocenters. The Labute approximate surface area is 204 Å². The molecule has 1 aliphatic carbocycles. The summed E-state index contributed by atoms with van der Waals surface area (Å²) >= 11 is 0. The third kappa shape index (κ3) is 5.01. The Morgan fingerprint density at radius 1 is 0.971 bits per heavy atom. The van der Waals surface area contributed by atoms with Crippen molar-refractivity contribution in [1.29, 1.82) is 0 Å². The van der Waals surface area contributed by atoms with Gasteiger partial charge in [-0.1, -0.05) is 81.4 Å². The molecule has 1 saturated carbocycles. The molecular formula is C28H38O5Si. The van der Waals surface area contributed by atoms with Gasteiger partial charge in [-0.15, -0.1) is 0 Å². The molecule has 4 atom stereocenters. The second kappa shape index (κ2) is 10.7. The minimum Gasteiger partial charge on any atom is -0.462 e. The van der Waals surface area contributed by atoms with Crippen LogP contribution in [0.15, 0.2) is 60.7 Å². The van der Waals surface area contributed by atoms with E-state index in [4.69, 9.17) is 18.6 Å². The van der Waals surface area contributed by atoms with Crippen molar-refractivity contribution in [3.8, 4) is 0 Å². The normalized spacial score (nSPS) is 24.8. The van der Waals surface area contributed by atoms with Crippen LogP contribution in [0.25, 0.3) is 0 Å². The van der Waals surface area contributed by atoms with E-state index in [0.29, 0.717) is 32.8 Å². The van der Waals surface area contributed by atoms with Crippen molar-refractivity contribution in [3.05, 3.63) is 60.7 Å². The van der Waals surface area contributed by atoms with Gasteiger partial charge >= 0.3 is 5.97 Å². The third-order valence-electron chi connectivity index (χ3n) is 7.33. The molecule has 0 aromatic heterocycles. The Bertz CT molecular complexity index is 887. The Morgan fingerprint density at radius 2 is 1.59 bits per heavy atom. The zero-order valence-corrected chi connectivity index (χ0v) is 21.9. The van der Waals surface area contributed by atoms with E-state index in [2.05, 4.69) is 81.4 Å². The molecule has 4 rings (SSSR count). The first-order valence-corrected chi connectivity index (χ1v) is 14.4. The van der Waals surface area contributed by atoms with Crippen molar-refractivity contribution in [1.82, 2.24) is 0 Å². The number of benzene rings is 2. The number of hydrogen-bond donors (Lipinski definition) is 0. The average molecular weight is 483 g/mol. The van der Waals surface area contributed by atoms with E-state index in [-0.39, 0.29) is 35.1 Å². The van der Waals surface area contributed by atoms with Gasteiger partial charge in [0, 0.05) is 31.5 Å². The molecule has 1 aliphatic heterocycles. The smallest absolute Gasteiger partial charge is 0.306 e. The highest BCUT2D eigenvalue weighted by Crippen LogP contribution is 2.44. The number of carbonyl (C=O) groups is 1. The minimum absolute atomic E-state index is 0.00164. The lowest BCUT2D eigenvalue weighted by Gasteiger charge is -2.44. The molecule has 0 radical (unpaired) electrons. The number of fused-ring (bicyclic) bond motifs is 1. The molecule has 2 aromatic rings. The Morgan fingerprint density at radius 3 is 2.15 bits per heavy atom. The highest BCUT2D eigenvalue weighted by atomic mass is 28.4. The van der Waals surface area contributed by atoms with Crippen molar-refractivity contribution in [2.24, 2.45) is 11.8 Å². The van der Waals surface area contributed by atoms with Crippen LogP contribution in [0.1, 0.15) is 40.5 Å². The van der Waals surface area contributed by atoms with Crippen molar-refractivity contribution >= 4 is 24.7 Å². The molecule has 2 aromatic carbocycles. The zero-order chi connectivity index (χ0) is 24.2. The van der Waals surface area contributed by atoms with Crippen LogP contribution in [0.2, 0.25) is 5.04 Å². The van der Waals surface area contributed by atoms with Crippen LogP contribution in [-0.4, -0.2) is 52.9 Å². The summed E-state index contributed by atoms with van der Waals surface area (Å²) in [4.78, 5) is 12.1. The van der Waals surface area contributed by atoms with Gasteiger partial charge in [-0.3, -0.25) is 4.79 Å². The molecule has 1 heterocycles. The van der Waals surface area contributed by atoms with Crippen LogP contribution in [-0.2, 0) is 23.4 Å². The molecule has 34 heavy (non-hydrogen) atoms. The van der Waals surface area contributed by atoms with Crippen molar-refractivity contribution < 1.29 is 23.4 Å². The minimum atomic E-state index is -2.66. The first kappa shape index (κ1) is 25.1. The lowest BCUT2D eigenvalue weighted by Crippen LogP contribution is -2.67. The largest absolute Gasteiger partial charge is 0.462 e. The molecule has 5 nitrogen and oxygen atoms in total. The van der Waals surface area contributed by atoms with Gasteiger partial charge in [-0.05, 0) is 22.3 Å². The molecule has 1 saturated heterocycles. The maximum absolute atomic E-state index is 12.1. The molecule has 2 fully saturated rings. The topological polar surface area (TPSA) is 54.0 Å². The maximum atomic E-state index is 12.1. The first-order valence-electron chi connectivity index (χ1n) is 12.5. The van der Waals surface area contributed by atoms with Gasteiger partial charge in [-0.25, -0.2) is 0 Å². The fraction of sp³-hybridized carbons (Fsp3) is 0.536. The zero-order valence-electron chi connectivity index (χ0n) is 20.9. The average Bonchev–Trinajstić information content (AvgIpc) is 3.33. The summed E-state index contributed by atoms with van der Waals surface area (Å²) in [5, 5.41) is 2.42. The molecule has 2 aliphatic rings.